The van der Waals surface area contributed by atoms with Gasteiger partial charge in [-0.3, -0.25) is 9.10 Å². The molecule has 0 aromatic heterocycles. The molecule has 26 heavy (non-hydrogen) atoms. The van der Waals surface area contributed by atoms with Crippen molar-refractivity contribution in [2.75, 3.05) is 24.9 Å². The Hall–Kier alpha value is -2.38. The Morgan fingerprint density at radius 3 is 2.42 bits per heavy atom. The Bertz CT molecular complexity index is 1000. The smallest absolute Gasteiger partial charge is 0.264 e. The fraction of sp³-hybridized carbons (Fsp3) is 0.167. The summed E-state index contributed by atoms with van der Waals surface area (Å²) in [5.41, 5.74) is -0.0321. The summed E-state index contributed by atoms with van der Waals surface area (Å²) in [7, 11) is -0.598. The van der Waals surface area contributed by atoms with Crippen LogP contribution in [0.1, 0.15) is 10.4 Å². The molecular weight excluding hydrogens is 379 g/mol. The average molecular weight is 395 g/mol. The maximum Gasteiger partial charge on any atom is 0.264 e. The van der Waals surface area contributed by atoms with E-state index >= 15 is 0 Å². The van der Waals surface area contributed by atoms with Crippen molar-refractivity contribution in [2.45, 2.75) is 4.90 Å². The van der Waals surface area contributed by atoms with E-state index in [4.69, 9.17) is 11.6 Å². The number of anilines is 1. The van der Waals surface area contributed by atoms with Crippen LogP contribution in [-0.4, -0.2) is 39.7 Å². The first kappa shape index (κ1) is 18.4. The minimum absolute atomic E-state index is 0.00987. The molecule has 0 amide bonds. The van der Waals surface area contributed by atoms with Crippen LogP contribution < -0.4 is 4.31 Å². The Labute approximate surface area is 156 Å². The molecule has 2 aromatic rings. The normalized spacial score (nSPS) is 15.9. The number of Topliss-reactive ketones (excluding diaryl/α,β-unsaturated/α-hetero) is 1. The molecule has 3 rings (SSSR count). The number of nitrogens with zero attached hydrogens (tertiary/aromatic N) is 2. The third-order valence-corrected chi connectivity index (χ3v) is 5.93. The zero-order valence-corrected chi connectivity index (χ0v) is 15.7. The van der Waals surface area contributed by atoms with E-state index in [9.17, 15) is 17.6 Å². The van der Waals surface area contributed by atoms with Gasteiger partial charge in [-0.2, -0.15) is 0 Å². The van der Waals surface area contributed by atoms with Gasteiger partial charge in [0.25, 0.3) is 10.0 Å². The number of hydrogen-bond donors (Lipinski definition) is 0. The fourth-order valence-corrected chi connectivity index (χ4v) is 4.36. The van der Waals surface area contributed by atoms with Gasteiger partial charge in [0.1, 0.15) is 5.82 Å². The maximum atomic E-state index is 14.3. The van der Waals surface area contributed by atoms with Crippen molar-refractivity contribution in [2.24, 2.45) is 0 Å². The number of halogens is 2. The van der Waals surface area contributed by atoms with Crippen LogP contribution in [0.15, 0.2) is 59.1 Å². The molecule has 0 aliphatic carbocycles. The van der Waals surface area contributed by atoms with Crippen LogP contribution in [0.5, 0.6) is 0 Å². The number of sulfonamides is 1. The van der Waals surface area contributed by atoms with Gasteiger partial charge < -0.3 is 4.90 Å². The van der Waals surface area contributed by atoms with Crippen molar-refractivity contribution < 1.29 is 17.6 Å². The van der Waals surface area contributed by atoms with Gasteiger partial charge in [-0.25, -0.2) is 12.8 Å². The van der Waals surface area contributed by atoms with Gasteiger partial charge >= 0.3 is 0 Å². The number of fused-ring (bicyclic) bond motifs is 1. The van der Waals surface area contributed by atoms with Gasteiger partial charge in [0.05, 0.1) is 22.7 Å². The van der Waals surface area contributed by atoms with Crippen molar-refractivity contribution in [3.8, 4) is 0 Å². The number of carbonyl (C=O) groups is 1. The number of rotatable bonds is 3. The number of carbonyl (C=O) groups excluding carboxylic acids is 1. The topological polar surface area (TPSA) is 57.7 Å². The van der Waals surface area contributed by atoms with Crippen LogP contribution in [-0.2, 0) is 10.0 Å². The molecule has 2 aromatic carbocycles. The van der Waals surface area contributed by atoms with E-state index in [1.165, 1.54) is 42.6 Å². The first-order valence-corrected chi connectivity index (χ1v) is 9.52. The van der Waals surface area contributed by atoms with Crippen LogP contribution in [0.2, 0.25) is 5.02 Å². The fourth-order valence-electron chi connectivity index (χ4n) is 2.78. The summed E-state index contributed by atoms with van der Waals surface area (Å²) in [6, 6.07) is 9.63. The molecule has 136 valence electrons. The van der Waals surface area contributed by atoms with E-state index in [1.807, 2.05) is 0 Å². The minimum Gasteiger partial charge on any atom is -0.383 e. The average Bonchev–Trinajstić information content (AvgIpc) is 2.57. The first-order valence-electron chi connectivity index (χ1n) is 7.70. The molecule has 0 saturated heterocycles. The van der Waals surface area contributed by atoms with Gasteiger partial charge in [0, 0.05) is 30.9 Å². The van der Waals surface area contributed by atoms with Crippen LogP contribution in [0, 0.1) is 5.82 Å². The summed E-state index contributed by atoms with van der Waals surface area (Å²) in [5.74, 6) is -1.28. The summed E-state index contributed by atoms with van der Waals surface area (Å²) < 4.78 is 41.6. The van der Waals surface area contributed by atoms with Crippen LogP contribution in [0.25, 0.3) is 0 Å². The summed E-state index contributed by atoms with van der Waals surface area (Å²) in [4.78, 5) is 14.3. The molecule has 0 N–H and O–H groups in total. The first-order chi connectivity index (χ1) is 12.2. The van der Waals surface area contributed by atoms with E-state index in [0.717, 1.165) is 10.4 Å². The molecule has 0 unspecified atom stereocenters. The van der Waals surface area contributed by atoms with Gasteiger partial charge in [-0.05, 0) is 36.4 Å². The van der Waals surface area contributed by atoms with Gasteiger partial charge in [0.2, 0.25) is 0 Å². The molecule has 0 spiro atoms. The highest BCUT2D eigenvalue weighted by molar-refractivity contribution is 7.92. The predicted molar refractivity (Wildman–Crippen MR) is 98.5 cm³/mol. The van der Waals surface area contributed by atoms with E-state index in [2.05, 4.69) is 0 Å². The third kappa shape index (κ3) is 3.20. The van der Waals surface area contributed by atoms with Crippen molar-refractivity contribution in [3.63, 3.8) is 0 Å². The summed E-state index contributed by atoms with van der Waals surface area (Å²) >= 11 is 5.83. The van der Waals surface area contributed by atoms with Gasteiger partial charge in [-0.1, -0.05) is 17.7 Å². The molecule has 0 radical (unpaired) electrons. The second kappa shape index (κ2) is 6.74. The second-order valence-corrected chi connectivity index (χ2v) is 8.35. The highest BCUT2D eigenvalue weighted by atomic mass is 35.5. The van der Waals surface area contributed by atoms with Crippen LogP contribution in [0.3, 0.4) is 0 Å². The lowest BCUT2D eigenvalue weighted by molar-refractivity contribution is 0.102. The number of ketones is 1. The van der Waals surface area contributed by atoms with E-state index in [1.54, 1.807) is 19.0 Å². The van der Waals surface area contributed by atoms with E-state index in [0.29, 0.717) is 5.02 Å². The summed E-state index contributed by atoms with van der Waals surface area (Å²) in [6.07, 6.45) is 1.50. The van der Waals surface area contributed by atoms with E-state index < -0.39 is 21.6 Å². The molecule has 1 aliphatic heterocycles. The highest BCUT2D eigenvalue weighted by Crippen LogP contribution is 2.35. The van der Waals surface area contributed by atoms with Crippen molar-refractivity contribution in [1.29, 1.82) is 0 Å². The monoisotopic (exact) mass is 394 g/mol. The molecule has 8 heteroatoms. The zero-order chi connectivity index (χ0) is 19.1. The minimum atomic E-state index is -4.00. The molecule has 5 nitrogen and oxygen atoms in total. The lowest BCUT2D eigenvalue weighted by Gasteiger charge is -2.31. The molecule has 0 saturated carbocycles. The molecule has 0 fully saturated rings. The summed E-state index contributed by atoms with van der Waals surface area (Å²) in [5, 5.41) is 0.400. The highest BCUT2D eigenvalue weighted by Gasteiger charge is 2.36. The van der Waals surface area contributed by atoms with E-state index in [-0.39, 0.29) is 28.3 Å². The lowest BCUT2D eigenvalue weighted by Crippen LogP contribution is -2.39. The standard InChI is InChI=1S/C18H16ClFN2O3S/c1-21(2)10-12-11-22(16-5-3-4-15(20)17(16)18(12)23)26(24,25)14-8-6-13(19)7-9-14/h3-10H,11H2,1-2H3/b12-10-. The Morgan fingerprint density at radius 1 is 1.15 bits per heavy atom. The molecule has 0 atom stereocenters. The largest absolute Gasteiger partial charge is 0.383 e. The Balaban J connectivity index is 2.21. The van der Waals surface area contributed by atoms with Crippen molar-refractivity contribution in [3.05, 3.63) is 70.6 Å². The predicted octanol–water partition coefficient (Wildman–Crippen LogP) is 3.32. The van der Waals surface area contributed by atoms with Gasteiger partial charge in [-0.15, -0.1) is 0 Å². The van der Waals surface area contributed by atoms with Crippen molar-refractivity contribution in [1.82, 2.24) is 4.90 Å². The SMILES string of the molecule is CN(C)/C=C1/CN(S(=O)(=O)c2ccc(Cl)cc2)c2cccc(F)c2C1=O. The molecule has 1 heterocycles. The van der Waals surface area contributed by atoms with Crippen LogP contribution in [0.4, 0.5) is 10.1 Å². The lowest BCUT2D eigenvalue weighted by atomic mass is 9.97. The van der Waals surface area contributed by atoms with Crippen molar-refractivity contribution >= 4 is 33.1 Å². The van der Waals surface area contributed by atoms with Gasteiger partial charge in [0.15, 0.2) is 5.78 Å². The molecular formula is C18H16ClFN2O3S. The second-order valence-electron chi connectivity index (χ2n) is 6.05. The molecule has 0 bridgehead atoms. The zero-order valence-electron chi connectivity index (χ0n) is 14.1. The quantitative estimate of drug-likeness (QED) is 0.749. The molecule has 1 aliphatic rings. The number of hydrogen-bond acceptors (Lipinski definition) is 4. The summed E-state index contributed by atoms with van der Waals surface area (Å²) in [6.45, 7) is -0.182. The Morgan fingerprint density at radius 2 is 1.81 bits per heavy atom. The Kier molecular flexibility index (Phi) is 4.77. The van der Waals surface area contributed by atoms with Crippen LogP contribution >= 0.6 is 11.6 Å². The maximum absolute atomic E-state index is 14.3. The third-order valence-electron chi connectivity index (χ3n) is 3.91. The number of benzene rings is 2.